The molecule has 1 fully saturated rings. The Balaban J connectivity index is 2.45. The third kappa shape index (κ3) is 6.23. The molecular weight excluding hydrogens is 262 g/mol. The quantitative estimate of drug-likeness (QED) is 0.803. The number of aliphatic hydroxyl groups excluding tert-OH is 1. The van der Waals surface area contributed by atoms with Gasteiger partial charge in [0.25, 0.3) is 0 Å². The molecule has 1 rings (SSSR count). The van der Waals surface area contributed by atoms with Crippen molar-refractivity contribution in [2.45, 2.75) is 39.2 Å². The van der Waals surface area contributed by atoms with Gasteiger partial charge in [0, 0.05) is 19.3 Å². The van der Waals surface area contributed by atoms with E-state index >= 15 is 0 Å². The molecule has 0 radical (unpaired) electrons. The van der Waals surface area contributed by atoms with Crippen LogP contribution in [0.2, 0.25) is 0 Å². The second kappa shape index (κ2) is 7.04. The van der Waals surface area contributed by atoms with Crippen molar-refractivity contribution in [1.82, 2.24) is 4.90 Å². The Morgan fingerprint density at radius 2 is 1.95 bits per heavy atom. The van der Waals surface area contributed by atoms with Crippen LogP contribution < -0.4 is 0 Å². The molecule has 0 saturated heterocycles. The van der Waals surface area contributed by atoms with Crippen LogP contribution >= 0.6 is 0 Å². The van der Waals surface area contributed by atoms with Crippen molar-refractivity contribution < 1.29 is 13.5 Å². The monoisotopic (exact) mass is 291 g/mol. The summed E-state index contributed by atoms with van der Waals surface area (Å²) in [7, 11) is -0.961. The first-order chi connectivity index (χ1) is 8.69. The molecule has 0 aromatic carbocycles. The zero-order chi connectivity index (χ0) is 14.6. The average Bonchev–Trinajstić information content (AvgIpc) is 2.28. The molecule has 3 atom stereocenters. The molecule has 1 N–H and O–H groups in total. The highest BCUT2D eigenvalue weighted by Gasteiger charge is 2.31. The van der Waals surface area contributed by atoms with Crippen molar-refractivity contribution in [3.8, 4) is 0 Å². The average molecular weight is 291 g/mol. The predicted octanol–water partition coefficient (Wildman–Crippen LogP) is 1.40. The van der Waals surface area contributed by atoms with Gasteiger partial charge in [-0.05, 0) is 44.1 Å². The van der Waals surface area contributed by atoms with Gasteiger partial charge in [-0.15, -0.1) is 0 Å². The lowest BCUT2D eigenvalue weighted by atomic mass is 9.74. The Labute approximate surface area is 118 Å². The van der Waals surface area contributed by atoms with E-state index in [1.165, 1.54) is 6.26 Å². The van der Waals surface area contributed by atoms with E-state index < -0.39 is 9.84 Å². The van der Waals surface area contributed by atoms with Gasteiger partial charge in [-0.3, -0.25) is 0 Å². The molecule has 4 nitrogen and oxygen atoms in total. The van der Waals surface area contributed by atoms with Crippen LogP contribution in [0.4, 0.5) is 0 Å². The van der Waals surface area contributed by atoms with E-state index in [0.29, 0.717) is 18.4 Å². The molecule has 1 aliphatic rings. The minimum absolute atomic E-state index is 0.194. The van der Waals surface area contributed by atoms with Crippen LogP contribution in [-0.2, 0) is 9.84 Å². The molecule has 0 aliphatic heterocycles. The van der Waals surface area contributed by atoms with Gasteiger partial charge in [0.15, 0.2) is 0 Å². The smallest absolute Gasteiger partial charge is 0.148 e. The number of aliphatic hydroxyl groups is 1. The maximum atomic E-state index is 11.2. The third-order valence-corrected chi connectivity index (χ3v) is 5.24. The number of sulfone groups is 1. The van der Waals surface area contributed by atoms with Gasteiger partial charge in [0.05, 0.1) is 11.9 Å². The summed E-state index contributed by atoms with van der Waals surface area (Å²) in [5.74, 6) is 1.83. The molecule has 5 heteroatoms. The molecule has 1 aliphatic carbocycles. The summed E-state index contributed by atoms with van der Waals surface area (Å²) in [5, 5.41) is 10.1. The number of hydrogen-bond acceptors (Lipinski definition) is 4. The largest absolute Gasteiger partial charge is 0.393 e. The molecule has 19 heavy (non-hydrogen) atoms. The maximum absolute atomic E-state index is 11.2. The van der Waals surface area contributed by atoms with E-state index in [4.69, 9.17) is 0 Å². The van der Waals surface area contributed by atoms with Crippen LogP contribution in [0.1, 0.15) is 33.1 Å². The van der Waals surface area contributed by atoms with Gasteiger partial charge in [-0.25, -0.2) is 8.42 Å². The zero-order valence-corrected chi connectivity index (χ0v) is 13.5. The van der Waals surface area contributed by atoms with Crippen LogP contribution in [0.5, 0.6) is 0 Å². The second-order valence-corrected chi connectivity index (χ2v) is 8.80. The minimum Gasteiger partial charge on any atom is -0.393 e. The number of rotatable bonds is 6. The van der Waals surface area contributed by atoms with E-state index in [-0.39, 0.29) is 17.8 Å². The maximum Gasteiger partial charge on any atom is 0.148 e. The van der Waals surface area contributed by atoms with Crippen LogP contribution in [0.25, 0.3) is 0 Å². The third-order valence-electron chi connectivity index (χ3n) is 4.32. The summed E-state index contributed by atoms with van der Waals surface area (Å²) >= 11 is 0. The van der Waals surface area contributed by atoms with E-state index in [2.05, 4.69) is 13.8 Å². The number of nitrogens with zero attached hydrogens (tertiary/aromatic N) is 1. The lowest BCUT2D eigenvalue weighted by Crippen LogP contribution is -2.39. The summed E-state index contributed by atoms with van der Waals surface area (Å²) < 4.78 is 22.3. The van der Waals surface area contributed by atoms with Crippen LogP contribution in [0, 0.1) is 17.8 Å². The summed E-state index contributed by atoms with van der Waals surface area (Å²) in [5.41, 5.74) is 0. The Bertz CT molecular complexity index is 367. The second-order valence-electron chi connectivity index (χ2n) is 6.54. The van der Waals surface area contributed by atoms with Crippen molar-refractivity contribution >= 4 is 9.84 Å². The fourth-order valence-corrected chi connectivity index (χ4v) is 3.54. The minimum atomic E-state index is -2.90. The lowest BCUT2D eigenvalue weighted by Gasteiger charge is -2.37. The first-order valence-electron chi connectivity index (χ1n) is 7.23. The van der Waals surface area contributed by atoms with Crippen molar-refractivity contribution in [1.29, 1.82) is 0 Å². The van der Waals surface area contributed by atoms with Gasteiger partial charge < -0.3 is 10.0 Å². The molecular formula is C14H29NO3S. The fourth-order valence-electron chi connectivity index (χ4n) is 2.90. The molecule has 1 saturated carbocycles. The summed E-state index contributed by atoms with van der Waals surface area (Å²) in [6.45, 7) is 5.83. The van der Waals surface area contributed by atoms with Crippen LogP contribution in [0.15, 0.2) is 0 Å². The normalized spacial score (nSPS) is 29.1. The summed E-state index contributed by atoms with van der Waals surface area (Å²) in [6.07, 6.45) is 4.10. The number of hydrogen-bond donors (Lipinski definition) is 1. The fraction of sp³-hybridized carbons (Fsp3) is 1.00. The topological polar surface area (TPSA) is 57.6 Å². The molecule has 0 bridgehead atoms. The van der Waals surface area contributed by atoms with Crippen LogP contribution in [-0.4, -0.2) is 56.7 Å². The molecule has 114 valence electrons. The molecule has 0 amide bonds. The van der Waals surface area contributed by atoms with Gasteiger partial charge in [0.1, 0.15) is 9.84 Å². The van der Waals surface area contributed by atoms with Gasteiger partial charge >= 0.3 is 0 Å². The SMILES string of the molecule is CC(C)C1CCC(O)C(CN(C)CCS(C)(=O)=O)C1. The lowest BCUT2D eigenvalue weighted by molar-refractivity contribution is 0.0232. The van der Waals surface area contributed by atoms with E-state index in [9.17, 15) is 13.5 Å². The zero-order valence-electron chi connectivity index (χ0n) is 12.7. The molecule has 0 heterocycles. The predicted molar refractivity (Wildman–Crippen MR) is 78.9 cm³/mol. The summed E-state index contributed by atoms with van der Waals surface area (Å²) in [6, 6.07) is 0. The molecule has 0 aromatic rings. The molecule has 0 spiro atoms. The highest BCUT2D eigenvalue weighted by molar-refractivity contribution is 7.90. The van der Waals surface area contributed by atoms with E-state index in [0.717, 1.165) is 25.8 Å². The van der Waals surface area contributed by atoms with E-state index in [1.54, 1.807) is 0 Å². The van der Waals surface area contributed by atoms with Gasteiger partial charge in [-0.1, -0.05) is 13.8 Å². The van der Waals surface area contributed by atoms with Gasteiger partial charge in [0.2, 0.25) is 0 Å². The molecule has 0 aromatic heterocycles. The van der Waals surface area contributed by atoms with Gasteiger partial charge in [-0.2, -0.15) is 0 Å². The van der Waals surface area contributed by atoms with Crippen molar-refractivity contribution in [2.24, 2.45) is 17.8 Å². The van der Waals surface area contributed by atoms with Crippen molar-refractivity contribution in [3.05, 3.63) is 0 Å². The molecule has 3 unspecified atom stereocenters. The first kappa shape index (κ1) is 16.9. The Morgan fingerprint density at radius 1 is 1.32 bits per heavy atom. The highest BCUT2D eigenvalue weighted by Crippen LogP contribution is 2.34. The summed E-state index contributed by atoms with van der Waals surface area (Å²) in [4.78, 5) is 2.04. The van der Waals surface area contributed by atoms with E-state index in [1.807, 2.05) is 11.9 Å². The van der Waals surface area contributed by atoms with Crippen molar-refractivity contribution in [3.63, 3.8) is 0 Å². The standard InChI is InChI=1S/C14H29NO3S/c1-11(2)12-5-6-14(16)13(9-12)10-15(3)7-8-19(4,17)18/h11-14,16H,5-10H2,1-4H3. The Morgan fingerprint density at radius 3 is 2.47 bits per heavy atom. The highest BCUT2D eigenvalue weighted by atomic mass is 32.2. The Hall–Kier alpha value is -0.130. The van der Waals surface area contributed by atoms with Crippen molar-refractivity contribution in [2.75, 3.05) is 32.1 Å². The van der Waals surface area contributed by atoms with Crippen LogP contribution in [0.3, 0.4) is 0 Å². The Kier molecular flexibility index (Phi) is 6.27. The first-order valence-corrected chi connectivity index (χ1v) is 9.29.